The number of hydrogen-bond donors (Lipinski definition) is 1. The average molecular weight is 364 g/mol. The quantitative estimate of drug-likeness (QED) is 0.767. The summed E-state index contributed by atoms with van der Waals surface area (Å²) in [5, 5.41) is 16.5. The number of carbonyl (C=O) groups excluding carboxylic acids is 1. The van der Waals surface area contributed by atoms with Gasteiger partial charge in [-0.05, 0) is 32.4 Å². The molecule has 1 aliphatic heterocycles. The Kier molecular flexibility index (Phi) is 4.07. The molecule has 138 valence electrons. The van der Waals surface area contributed by atoms with Gasteiger partial charge in [-0.2, -0.15) is 10.4 Å². The number of anilines is 1. The second kappa shape index (κ2) is 6.43. The van der Waals surface area contributed by atoms with E-state index in [4.69, 9.17) is 4.74 Å². The third-order valence-electron chi connectivity index (χ3n) is 4.81. The van der Waals surface area contributed by atoms with E-state index < -0.39 is 0 Å². The summed E-state index contributed by atoms with van der Waals surface area (Å²) in [7, 11) is 0. The first-order chi connectivity index (χ1) is 13.0. The number of aryl methyl sites for hydroxylation is 2. The molecule has 0 saturated heterocycles. The maximum atomic E-state index is 12.9. The largest absolute Gasteiger partial charge is 0.489 e. The fourth-order valence-electron chi connectivity index (χ4n) is 3.51. The van der Waals surface area contributed by atoms with E-state index in [1.54, 1.807) is 22.9 Å². The van der Waals surface area contributed by atoms with Crippen molar-refractivity contribution in [1.82, 2.24) is 19.3 Å². The molecule has 1 N–H and O–H groups in total. The van der Waals surface area contributed by atoms with Crippen LogP contribution in [0.4, 0.5) is 5.95 Å². The van der Waals surface area contributed by atoms with Gasteiger partial charge in [0.2, 0.25) is 5.95 Å². The molecular formula is C19H20N6O2. The molecule has 2 aromatic heterocycles. The zero-order valence-corrected chi connectivity index (χ0v) is 15.5. The molecule has 3 aromatic rings. The average Bonchev–Trinajstić information content (AvgIpc) is 3.23. The molecule has 0 radical (unpaired) electrons. The maximum absolute atomic E-state index is 12.9. The molecule has 3 heterocycles. The van der Waals surface area contributed by atoms with Crippen molar-refractivity contribution in [2.24, 2.45) is 0 Å². The molecule has 0 unspecified atom stereocenters. The Morgan fingerprint density at radius 1 is 1.41 bits per heavy atom. The van der Waals surface area contributed by atoms with Gasteiger partial charge in [0.25, 0.3) is 5.91 Å². The summed E-state index contributed by atoms with van der Waals surface area (Å²) in [6.45, 7) is 6.94. The van der Waals surface area contributed by atoms with Gasteiger partial charge in [-0.3, -0.25) is 14.8 Å². The van der Waals surface area contributed by atoms with Crippen molar-refractivity contribution in [2.75, 3.05) is 11.9 Å². The summed E-state index contributed by atoms with van der Waals surface area (Å²) >= 11 is 0. The van der Waals surface area contributed by atoms with Gasteiger partial charge in [-0.1, -0.05) is 6.92 Å². The van der Waals surface area contributed by atoms with E-state index in [1.165, 1.54) is 0 Å². The molecule has 27 heavy (non-hydrogen) atoms. The van der Waals surface area contributed by atoms with Gasteiger partial charge in [0.05, 0.1) is 28.9 Å². The van der Waals surface area contributed by atoms with Gasteiger partial charge >= 0.3 is 0 Å². The van der Waals surface area contributed by atoms with Crippen LogP contribution in [-0.4, -0.2) is 31.8 Å². The predicted octanol–water partition coefficient (Wildman–Crippen LogP) is 3.03. The van der Waals surface area contributed by atoms with E-state index in [2.05, 4.69) is 28.4 Å². The lowest BCUT2D eigenvalue weighted by atomic mass is 10.1. The Bertz CT molecular complexity index is 1090. The lowest BCUT2D eigenvalue weighted by molar-refractivity contribution is 0.101. The predicted molar refractivity (Wildman–Crippen MR) is 99.9 cm³/mol. The number of amides is 1. The summed E-state index contributed by atoms with van der Waals surface area (Å²) in [4.78, 5) is 17.5. The van der Waals surface area contributed by atoms with E-state index in [-0.39, 0.29) is 11.9 Å². The third kappa shape index (κ3) is 2.72. The molecule has 4 rings (SSSR count). The molecule has 1 atom stereocenters. The highest BCUT2D eigenvalue weighted by Crippen LogP contribution is 2.38. The first-order valence-corrected chi connectivity index (χ1v) is 9.00. The highest BCUT2D eigenvalue weighted by Gasteiger charge is 2.28. The van der Waals surface area contributed by atoms with Crippen LogP contribution in [0.1, 0.15) is 48.1 Å². The van der Waals surface area contributed by atoms with Crippen LogP contribution in [0.3, 0.4) is 0 Å². The Labute approximate surface area is 156 Å². The monoisotopic (exact) mass is 364 g/mol. The molecule has 0 fully saturated rings. The Morgan fingerprint density at radius 3 is 2.93 bits per heavy atom. The first kappa shape index (κ1) is 17.1. The molecule has 8 nitrogen and oxygen atoms in total. The van der Waals surface area contributed by atoms with Crippen molar-refractivity contribution in [1.29, 1.82) is 5.26 Å². The van der Waals surface area contributed by atoms with E-state index >= 15 is 0 Å². The minimum Gasteiger partial charge on any atom is -0.489 e. The number of carbonyl (C=O) groups is 1. The van der Waals surface area contributed by atoms with Gasteiger partial charge in [-0.15, -0.1) is 0 Å². The minimum absolute atomic E-state index is 0.0588. The number of nitriles is 1. The fraction of sp³-hybridized carbons (Fsp3) is 0.368. The lowest BCUT2D eigenvalue weighted by Crippen LogP contribution is -2.25. The summed E-state index contributed by atoms with van der Waals surface area (Å²) in [5.74, 6) is 0.826. The van der Waals surface area contributed by atoms with Crippen LogP contribution in [0.15, 0.2) is 18.2 Å². The lowest BCUT2D eigenvalue weighted by Gasteiger charge is -2.26. The van der Waals surface area contributed by atoms with E-state index in [9.17, 15) is 10.1 Å². The number of nitrogens with zero attached hydrogens (tertiary/aromatic N) is 5. The Hall–Kier alpha value is -3.34. The number of ether oxygens (including phenoxy) is 1. The number of imidazole rings is 1. The first-order valence-electron chi connectivity index (χ1n) is 9.00. The van der Waals surface area contributed by atoms with Crippen molar-refractivity contribution >= 4 is 22.9 Å². The zero-order chi connectivity index (χ0) is 19.1. The maximum Gasteiger partial charge on any atom is 0.276 e. The van der Waals surface area contributed by atoms with Crippen LogP contribution < -0.4 is 10.1 Å². The van der Waals surface area contributed by atoms with Gasteiger partial charge in [0, 0.05) is 12.6 Å². The van der Waals surface area contributed by atoms with Crippen LogP contribution in [0.2, 0.25) is 0 Å². The van der Waals surface area contributed by atoms with Crippen molar-refractivity contribution in [2.45, 2.75) is 39.8 Å². The van der Waals surface area contributed by atoms with E-state index in [0.717, 1.165) is 17.6 Å². The Morgan fingerprint density at radius 2 is 2.22 bits per heavy atom. The van der Waals surface area contributed by atoms with Gasteiger partial charge in [-0.25, -0.2) is 4.98 Å². The topological polar surface area (TPSA) is 97.8 Å². The van der Waals surface area contributed by atoms with Crippen LogP contribution in [0, 0.1) is 18.3 Å². The summed E-state index contributed by atoms with van der Waals surface area (Å²) in [5.41, 5.74) is 3.21. The van der Waals surface area contributed by atoms with Crippen LogP contribution in [0.5, 0.6) is 5.75 Å². The fourth-order valence-corrected chi connectivity index (χ4v) is 3.51. The molecule has 0 saturated carbocycles. The molecule has 0 spiro atoms. The number of nitrogens with one attached hydrogen (secondary N) is 1. The summed E-state index contributed by atoms with van der Waals surface area (Å²) in [6, 6.07) is 7.38. The zero-order valence-electron chi connectivity index (χ0n) is 15.5. The summed E-state index contributed by atoms with van der Waals surface area (Å²) in [6.07, 6.45) is 0.833. The van der Waals surface area contributed by atoms with Crippen molar-refractivity contribution in [3.8, 4) is 11.8 Å². The van der Waals surface area contributed by atoms with Gasteiger partial charge in [0.1, 0.15) is 23.6 Å². The molecule has 0 aliphatic carbocycles. The second-order valence-corrected chi connectivity index (χ2v) is 6.57. The number of rotatable bonds is 4. The van der Waals surface area contributed by atoms with Crippen molar-refractivity contribution < 1.29 is 9.53 Å². The number of aromatic nitrogens is 4. The van der Waals surface area contributed by atoms with E-state index in [0.29, 0.717) is 41.6 Å². The number of benzene rings is 1. The Balaban J connectivity index is 1.81. The molecular weight excluding hydrogens is 344 g/mol. The van der Waals surface area contributed by atoms with Gasteiger partial charge < -0.3 is 9.30 Å². The minimum atomic E-state index is -0.257. The molecule has 8 heteroatoms. The van der Waals surface area contributed by atoms with Crippen molar-refractivity contribution in [3.63, 3.8) is 0 Å². The molecule has 1 aromatic carbocycles. The number of hydrogen-bond acceptors (Lipinski definition) is 5. The normalized spacial score (nSPS) is 15.4. The van der Waals surface area contributed by atoms with E-state index in [1.807, 2.05) is 18.4 Å². The SMILES string of the molecule is CC[C@H]1COc2cc(C#N)cc3nc(NC(=O)c4cc(C)nn4CC)n1c23. The van der Waals surface area contributed by atoms with Crippen LogP contribution in [0.25, 0.3) is 11.0 Å². The molecule has 0 bridgehead atoms. The highest BCUT2D eigenvalue weighted by molar-refractivity contribution is 6.03. The standard InChI is InChI=1S/C19H20N6O2/c1-4-13-10-27-16-8-12(9-20)7-14-17(16)25(13)19(21-14)22-18(26)15-6-11(3)23-24(15)5-2/h6-8,13H,4-5,10H2,1-3H3,(H,21,22,26)/t13-/m0/s1. The molecule has 1 amide bonds. The highest BCUT2D eigenvalue weighted by atomic mass is 16.5. The van der Waals surface area contributed by atoms with Gasteiger partial charge in [0.15, 0.2) is 0 Å². The van der Waals surface area contributed by atoms with Crippen LogP contribution >= 0.6 is 0 Å². The second-order valence-electron chi connectivity index (χ2n) is 6.57. The smallest absolute Gasteiger partial charge is 0.276 e. The third-order valence-corrected chi connectivity index (χ3v) is 4.81. The summed E-state index contributed by atoms with van der Waals surface area (Å²) < 4.78 is 9.52. The van der Waals surface area contributed by atoms with Crippen LogP contribution in [-0.2, 0) is 6.54 Å². The molecule has 1 aliphatic rings. The van der Waals surface area contributed by atoms with Crippen molar-refractivity contribution in [3.05, 3.63) is 35.2 Å².